The predicted octanol–water partition coefficient (Wildman–Crippen LogP) is 2.59. The number of nitrogens with one attached hydrogen (secondary N) is 1. The van der Waals surface area contributed by atoms with Crippen molar-refractivity contribution in [2.45, 2.75) is 57.1 Å². The Kier molecular flexibility index (Phi) is 3.93. The average Bonchev–Trinajstić information content (AvgIpc) is 3.62. The zero-order chi connectivity index (χ0) is 19.6. The molecule has 1 N–H and O–H groups in total. The van der Waals surface area contributed by atoms with Gasteiger partial charge in [-0.05, 0) is 38.5 Å². The highest BCUT2D eigenvalue weighted by Crippen LogP contribution is 2.58. The molecule has 1 saturated heterocycles. The van der Waals surface area contributed by atoms with Crippen LogP contribution < -0.4 is 5.32 Å². The first-order valence-corrected chi connectivity index (χ1v) is 10.8. The lowest BCUT2D eigenvalue weighted by molar-refractivity contribution is -0.0856. The van der Waals surface area contributed by atoms with Gasteiger partial charge in [0.25, 0.3) is 5.91 Å². The number of carbonyl (C=O) groups is 1. The zero-order valence-electron chi connectivity index (χ0n) is 16.8. The summed E-state index contributed by atoms with van der Waals surface area (Å²) in [6.07, 6.45) is 8.01. The van der Waals surface area contributed by atoms with E-state index in [0.717, 1.165) is 41.5 Å². The normalized spacial score (nSPS) is 24.2. The van der Waals surface area contributed by atoms with Crippen molar-refractivity contribution in [3.8, 4) is 11.3 Å². The Morgan fingerprint density at radius 3 is 2.93 bits per heavy atom. The number of ether oxygens (including phenoxy) is 2. The molecule has 7 nitrogen and oxygen atoms in total. The fraction of sp³-hybridized carbons (Fsp3) is 0.636. The summed E-state index contributed by atoms with van der Waals surface area (Å²) in [5.74, 6) is 1.93. The number of hydrogen-bond donors (Lipinski definition) is 1. The highest BCUT2D eigenvalue weighted by Gasteiger charge is 2.52. The smallest absolute Gasteiger partial charge is 0.287 e. The third-order valence-corrected chi connectivity index (χ3v) is 6.87. The van der Waals surface area contributed by atoms with E-state index in [1.807, 2.05) is 6.92 Å². The topological polar surface area (TPSA) is 78.5 Å². The third-order valence-electron chi connectivity index (χ3n) is 6.87. The van der Waals surface area contributed by atoms with Crippen LogP contribution in [0.15, 0.2) is 10.6 Å². The van der Waals surface area contributed by atoms with Crippen molar-refractivity contribution in [1.29, 1.82) is 0 Å². The molecule has 0 radical (unpaired) electrons. The summed E-state index contributed by atoms with van der Waals surface area (Å²) in [5, 5.41) is 7.90. The molecule has 154 valence electrons. The number of fused-ring (bicyclic) bond motifs is 4. The molecular formula is C22H27N3O4. The molecule has 0 bridgehead atoms. The van der Waals surface area contributed by atoms with Gasteiger partial charge in [-0.1, -0.05) is 0 Å². The van der Waals surface area contributed by atoms with Gasteiger partial charge >= 0.3 is 0 Å². The van der Waals surface area contributed by atoms with Gasteiger partial charge in [-0.3, -0.25) is 9.48 Å². The molecule has 2 saturated carbocycles. The number of aromatic nitrogens is 2. The number of amides is 1. The van der Waals surface area contributed by atoms with Gasteiger partial charge in [-0.2, -0.15) is 5.10 Å². The van der Waals surface area contributed by atoms with E-state index in [9.17, 15) is 4.79 Å². The summed E-state index contributed by atoms with van der Waals surface area (Å²) in [6.45, 7) is 5.11. The number of carbonyl (C=O) groups excluding carboxylic acids is 1. The van der Waals surface area contributed by atoms with Crippen LogP contribution in [-0.2, 0) is 27.9 Å². The minimum atomic E-state index is -0.185. The van der Waals surface area contributed by atoms with Crippen LogP contribution in [0, 0.1) is 12.8 Å². The van der Waals surface area contributed by atoms with E-state index < -0.39 is 0 Å². The lowest BCUT2D eigenvalue weighted by Gasteiger charge is -2.22. The minimum absolute atomic E-state index is 0.1000. The molecule has 7 heteroatoms. The van der Waals surface area contributed by atoms with Crippen molar-refractivity contribution >= 4 is 5.91 Å². The van der Waals surface area contributed by atoms with E-state index in [0.29, 0.717) is 32.1 Å². The van der Waals surface area contributed by atoms with Gasteiger partial charge in [0.1, 0.15) is 5.76 Å². The third kappa shape index (κ3) is 3.02. The van der Waals surface area contributed by atoms with Gasteiger partial charge < -0.3 is 19.2 Å². The monoisotopic (exact) mass is 397 g/mol. The lowest BCUT2D eigenvalue weighted by atomic mass is 9.82. The first-order valence-electron chi connectivity index (χ1n) is 10.8. The maximum absolute atomic E-state index is 12.8. The molecule has 0 aromatic carbocycles. The Balaban J connectivity index is 1.28. The molecular weight excluding hydrogens is 370 g/mol. The maximum atomic E-state index is 12.8. The fourth-order valence-electron chi connectivity index (χ4n) is 4.82. The first kappa shape index (κ1) is 17.7. The van der Waals surface area contributed by atoms with Crippen molar-refractivity contribution in [3.05, 3.63) is 28.8 Å². The Morgan fingerprint density at radius 1 is 1.34 bits per heavy atom. The van der Waals surface area contributed by atoms with Crippen molar-refractivity contribution in [3.63, 3.8) is 0 Å². The van der Waals surface area contributed by atoms with Crippen LogP contribution in [0.3, 0.4) is 0 Å². The summed E-state index contributed by atoms with van der Waals surface area (Å²) in [7, 11) is 0. The SMILES string of the molecule is Cc1c(C(=O)NC[C@@H]2COCCO2)oc2c1-c1nn(CC3CC3)cc1C1(CC1)C2. The summed E-state index contributed by atoms with van der Waals surface area (Å²) in [6, 6.07) is 0. The molecule has 3 aliphatic carbocycles. The largest absolute Gasteiger partial charge is 0.455 e. The van der Waals surface area contributed by atoms with E-state index in [2.05, 4.69) is 16.2 Å². The van der Waals surface area contributed by atoms with E-state index in [-0.39, 0.29) is 17.4 Å². The van der Waals surface area contributed by atoms with Crippen LogP contribution in [0.2, 0.25) is 0 Å². The van der Waals surface area contributed by atoms with Gasteiger partial charge in [0.05, 0.1) is 31.6 Å². The molecule has 2 aromatic rings. The van der Waals surface area contributed by atoms with E-state index in [4.69, 9.17) is 19.0 Å². The number of hydrogen-bond acceptors (Lipinski definition) is 5. The van der Waals surface area contributed by atoms with Gasteiger partial charge in [0.2, 0.25) is 0 Å². The van der Waals surface area contributed by atoms with Crippen LogP contribution >= 0.6 is 0 Å². The average molecular weight is 397 g/mol. The van der Waals surface area contributed by atoms with Crippen molar-refractivity contribution in [1.82, 2.24) is 15.1 Å². The second-order valence-electron chi connectivity index (χ2n) is 9.15. The number of nitrogens with zero attached hydrogens (tertiary/aromatic N) is 2. The van der Waals surface area contributed by atoms with Crippen molar-refractivity contribution in [2.24, 2.45) is 5.92 Å². The van der Waals surface area contributed by atoms with Crippen LogP contribution in [0.4, 0.5) is 0 Å². The summed E-state index contributed by atoms with van der Waals surface area (Å²) < 4.78 is 19.3. The fourth-order valence-corrected chi connectivity index (χ4v) is 4.82. The standard InChI is InChI=1S/C22H27N3O4/c1-13-18-17(29-20(13)21(26)23-9-15-12-27-6-7-28-15)8-22(4-5-22)16-11-25(24-19(16)18)10-14-2-3-14/h11,14-15H,2-10,12H2,1H3,(H,23,26)/t15-/m1/s1. The molecule has 3 heterocycles. The van der Waals surface area contributed by atoms with Crippen LogP contribution in [0.25, 0.3) is 11.3 Å². The molecule has 1 spiro atoms. The van der Waals surface area contributed by atoms with Gasteiger partial charge in [0, 0.05) is 47.8 Å². The quantitative estimate of drug-likeness (QED) is 0.839. The van der Waals surface area contributed by atoms with E-state index in [1.54, 1.807) is 0 Å². The molecule has 2 aromatic heterocycles. The summed E-state index contributed by atoms with van der Waals surface area (Å²) in [4.78, 5) is 12.8. The zero-order valence-corrected chi connectivity index (χ0v) is 16.8. The second kappa shape index (κ2) is 6.44. The molecule has 6 rings (SSSR count). The highest BCUT2D eigenvalue weighted by atomic mass is 16.6. The van der Waals surface area contributed by atoms with E-state index >= 15 is 0 Å². The molecule has 1 aliphatic heterocycles. The molecule has 1 amide bonds. The Labute approximate surface area is 169 Å². The molecule has 4 aliphatic rings. The van der Waals surface area contributed by atoms with Crippen molar-refractivity contribution in [2.75, 3.05) is 26.4 Å². The Morgan fingerprint density at radius 2 is 2.21 bits per heavy atom. The highest BCUT2D eigenvalue weighted by molar-refractivity contribution is 5.95. The second-order valence-corrected chi connectivity index (χ2v) is 9.15. The van der Waals surface area contributed by atoms with Crippen molar-refractivity contribution < 1.29 is 18.7 Å². The van der Waals surface area contributed by atoms with E-state index in [1.165, 1.54) is 31.2 Å². The summed E-state index contributed by atoms with van der Waals surface area (Å²) >= 11 is 0. The maximum Gasteiger partial charge on any atom is 0.287 e. The molecule has 1 atom stereocenters. The first-order chi connectivity index (χ1) is 14.1. The molecule has 29 heavy (non-hydrogen) atoms. The number of furan rings is 1. The van der Waals surface area contributed by atoms with Crippen LogP contribution in [0.5, 0.6) is 0 Å². The van der Waals surface area contributed by atoms with Gasteiger partial charge in [-0.25, -0.2) is 0 Å². The lowest BCUT2D eigenvalue weighted by Crippen LogP contribution is -2.39. The minimum Gasteiger partial charge on any atom is -0.455 e. The Bertz CT molecular complexity index is 961. The van der Waals surface area contributed by atoms with Gasteiger partial charge in [0.15, 0.2) is 5.76 Å². The van der Waals surface area contributed by atoms with Crippen LogP contribution in [0.1, 0.15) is 53.1 Å². The Hall–Kier alpha value is -2.12. The molecule has 0 unspecified atom stereocenters. The number of rotatable bonds is 5. The van der Waals surface area contributed by atoms with Gasteiger partial charge in [-0.15, -0.1) is 0 Å². The summed E-state index contributed by atoms with van der Waals surface area (Å²) in [5.41, 5.74) is 4.50. The van der Waals surface area contributed by atoms with Crippen LogP contribution in [-0.4, -0.2) is 48.2 Å². The predicted molar refractivity (Wildman–Crippen MR) is 105 cm³/mol. The molecule has 3 fully saturated rings.